The number of anilines is 1. The van der Waals surface area contributed by atoms with Crippen molar-refractivity contribution in [1.29, 1.82) is 5.26 Å². The van der Waals surface area contributed by atoms with Gasteiger partial charge in [0.1, 0.15) is 0 Å². The normalized spacial score (nSPS) is 24.0. The van der Waals surface area contributed by atoms with E-state index in [1.54, 1.807) is 23.2 Å². The van der Waals surface area contributed by atoms with Crippen LogP contribution in [0.4, 0.5) is 10.6 Å². The van der Waals surface area contributed by atoms with Crippen molar-refractivity contribution in [2.75, 3.05) is 25.0 Å². The first kappa shape index (κ1) is 18.0. The topological polar surface area (TPSA) is 116 Å². The number of hydrogen-bond acceptors (Lipinski definition) is 5. The van der Waals surface area contributed by atoms with Gasteiger partial charge in [0.15, 0.2) is 11.6 Å². The minimum Gasteiger partial charge on any atom is -0.490 e. The largest absolute Gasteiger partial charge is 0.490 e. The van der Waals surface area contributed by atoms with E-state index in [0.717, 1.165) is 12.8 Å². The number of carboxylic acids is 1. The summed E-state index contributed by atoms with van der Waals surface area (Å²) < 4.78 is 5.59. The Balaban J connectivity index is 1.64. The van der Waals surface area contributed by atoms with Gasteiger partial charge in [-0.2, -0.15) is 5.26 Å². The molecule has 1 saturated carbocycles. The highest BCUT2D eigenvalue weighted by molar-refractivity contribution is 5.91. The number of hydrogen-bond donors (Lipinski definition) is 2. The maximum absolute atomic E-state index is 12.6. The van der Waals surface area contributed by atoms with Gasteiger partial charge in [-0.1, -0.05) is 6.42 Å². The molecule has 3 rings (SSSR count). The molecule has 1 aromatic rings. The van der Waals surface area contributed by atoms with Crippen molar-refractivity contribution in [3.8, 4) is 11.8 Å². The maximum Gasteiger partial charge on any atom is 0.323 e. The quantitative estimate of drug-likeness (QED) is 0.755. The molecule has 138 valence electrons. The minimum atomic E-state index is -0.811. The lowest BCUT2D eigenvalue weighted by molar-refractivity contribution is -0.149. The van der Waals surface area contributed by atoms with Gasteiger partial charge < -0.3 is 14.7 Å². The molecule has 1 aromatic heterocycles. The van der Waals surface area contributed by atoms with E-state index in [0.29, 0.717) is 44.0 Å². The summed E-state index contributed by atoms with van der Waals surface area (Å²) in [6.45, 7) is 1.03. The third-order valence-corrected chi connectivity index (χ3v) is 5.27. The summed E-state index contributed by atoms with van der Waals surface area (Å²) >= 11 is 0. The van der Waals surface area contributed by atoms with Gasteiger partial charge in [-0.15, -0.1) is 0 Å². The Labute approximate surface area is 151 Å². The second-order valence-corrected chi connectivity index (χ2v) is 6.82. The molecule has 2 fully saturated rings. The summed E-state index contributed by atoms with van der Waals surface area (Å²) in [5.74, 6) is -0.0622. The number of carbonyl (C=O) groups excluding carboxylic acids is 1. The maximum atomic E-state index is 12.6. The number of aliphatic carboxylic acids is 1. The van der Waals surface area contributed by atoms with E-state index in [2.05, 4.69) is 10.3 Å². The minimum absolute atomic E-state index is 0.0104. The second-order valence-electron chi connectivity index (χ2n) is 6.82. The molecule has 8 nitrogen and oxygen atoms in total. The van der Waals surface area contributed by atoms with E-state index in [-0.39, 0.29) is 18.5 Å². The van der Waals surface area contributed by atoms with Gasteiger partial charge in [-0.25, -0.2) is 9.78 Å². The number of amides is 2. The Morgan fingerprint density at radius 2 is 2.38 bits per heavy atom. The number of nitrogens with zero attached hydrogens (tertiary/aromatic N) is 3. The molecule has 1 aliphatic heterocycles. The molecule has 2 N–H and O–H groups in total. The number of carbonyl (C=O) groups is 2. The summed E-state index contributed by atoms with van der Waals surface area (Å²) in [5.41, 5.74) is -0.807. The van der Waals surface area contributed by atoms with Crippen molar-refractivity contribution < 1.29 is 19.4 Å². The SMILES string of the molecule is N#CCCCOc1cccnc1NC(=O)N1C[C@@H]2CCC[C@@]2(C(=O)O)C1. The number of nitriles is 1. The molecule has 0 bridgehead atoms. The number of rotatable bonds is 6. The van der Waals surface area contributed by atoms with E-state index in [4.69, 9.17) is 10.00 Å². The van der Waals surface area contributed by atoms with Crippen LogP contribution >= 0.6 is 0 Å². The summed E-state index contributed by atoms with van der Waals surface area (Å²) in [5, 5.41) is 20.9. The highest BCUT2D eigenvalue weighted by Gasteiger charge is 2.55. The zero-order chi connectivity index (χ0) is 18.6. The lowest BCUT2D eigenvalue weighted by Crippen LogP contribution is -2.38. The van der Waals surface area contributed by atoms with Crippen LogP contribution < -0.4 is 10.1 Å². The molecular formula is C18H22N4O4. The number of aromatic nitrogens is 1. The average Bonchev–Trinajstić information content (AvgIpc) is 3.18. The highest BCUT2D eigenvalue weighted by atomic mass is 16.5. The number of carboxylic acid groups (broad SMARTS) is 1. The number of pyridine rings is 1. The van der Waals surface area contributed by atoms with Crippen LogP contribution in [-0.4, -0.2) is 46.7 Å². The fourth-order valence-electron chi connectivity index (χ4n) is 3.91. The van der Waals surface area contributed by atoms with Crippen LogP contribution in [0.5, 0.6) is 5.75 Å². The Morgan fingerprint density at radius 1 is 1.54 bits per heavy atom. The molecule has 0 radical (unpaired) electrons. The zero-order valence-electron chi connectivity index (χ0n) is 14.5. The fraction of sp³-hybridized carbons (Fsp3) is 0.556. The lowest BCUT2D eigenvalue weighted by Gasteiger charge is -2.23. The van der Waals surface area contributed by atoms with Crippen LogP contribution in [0.25, 0.3) is 0 Å². The van der Waals surface area contributed by atoms with E-state index >= 15 is 0 Å². The summed E-state index contributed by atoms with van der Waals surface area (Å²) in [6, 6.07) is 5.09. The standard InChI is InChI=1S/C18H22N4O4/c19-8-1-2-10-26-14-6-4-9-20-15(14)21-17(25)22-11-13-5-3-7-18(13,12-22)16(23)24/h4,6,9,13H,1-3,5,7,10-12H2,(H,23,24)(H,20,21,25)/t13-,18+/m0/s1. The van der Waals surface area contributed by atoms with Crippen LogP contribution in [0.1, 0.15) is 32.1 Å². The van der Waals surface area contributed by atoms with Crippen molar-refractivity contribution >= 4 is 17.8 Å². The number of ether oxygens (including phenoxy) is 1. The molecule has 2 aliphatic rings. The van der Waals surface area contributed by atoms with Crippen molar-refractivity contribution in [2.45, 2.75) is 32.1 Å². The Hall–Kier alpha value is -2.82. The monoisotopic (exact) mass is 358 g/mol. The molecule has 0 aromatic carbocycles. The first-order chi connectivity index (χ1) is 12.6. The van der Waals surface area contributed by atoms with Gasteiger partial charge in [0.05, 0.1) is 18.1 Å². The molecule has 1 aliphatic carbocycles. The van der Waals surface area contributed by atoms with E-state index < -0.39 is 11.4 Å². The van der Waals surface area contributed by atoms with E-state index in [1.807, 2.05) is 6.07 Å². The van der Waals surface area contributed by atoms with Crippen LogP contribution in [0.3, 0.4) is 0 Å². The van der Waals surface area contributed by atoms with Crippen LogP contribution in [0, 0.1) is 22.7 Å². The molecular weight excluding hydrogens is 336 g/mol. The smallest absolute Gasteiger partial charge is 0.323 e. The van der Waals surface area contributed by atoms with Crippen LogP contribution in [0.2, 0.25) is 0 Å². The molecule has 1 saturated heterocycles. The van der Waals surface area contributed by atoms with Gasteiger partial charge in [-0.3, -0.25) is 10.1 Å². The van der Waals surface area contributed by atoms with Gasteiger partial charge in [0.2, 0.25) is 0 Å². The Bertz CT molecular complexity index is 732. The number of urea groups is 1. The first-order valence-corrected chi connectivity index (χ1v) is 8.81. The van der Waals surface area contributed by atoms with Crippen LogP contribution in [0.15, 0.2) is 18.3 Å². The second kappa shape index (κ2) is 7.60. The van der Waals surface area contributed by atoms with Crippen molar-refractivity contribution in [3.05, 3.63) is 18.3 Å². The molecule has 2 atom stereocenters. The molecule has 2 heterocycles. The molecule has 26 heavy (non-hydrogen) atoms. The predicted octanol–water partition coefficient (Wildman–Crippen LogP) is 2.48. The van der Waals surface area contributed by atoms with E-state index in [9.17, 15) is 14.7 Å². The van der Waals surface area contributed by atoms with E-state index in [1.165, 1.54) is 0 Å². The van der Waals surface area contributed by atoms with Crippen molar-refractivity contribution in [1.82, 2.24) is 9.88 Å². The van der Waals surface area contributed by atoms with Gasteiger partial charge in [0.25, 0.3) is 0 Å². The number of nitrogens with one attached hydrogen (secondary N) is 1. The summed E-state index contributed by atoms with van der Waals surface area (Å²) in [4.78, 5) is 30.1. The first-order valence-electron chi connectivity index (χ1n) is 8.81. The molecule has 0 unspecified atom stereocenters. The molecule has 0 spiro atoms. The fourth-order valence-corrected chi connectivity index (χ4v) is 3.91. The third kappa shape index (κ3) is 3.43. The molecule has 8 heteroatoms. The van der Waals surface area contributed by atoms with Crippen LogP contribution in [-0.2, 0) is 4.79 Å². The Kier molecular flexibility index (Phi) is 5.26. The molecule has 2 amide bonds. The van der Waals surface area contributed by atoms with Gasteiger partial charge in [-0.05, 0) is 37.3 Å². The van der Waals surface area contributed by atoms with Gasteiger partial charge >= 0.3 is 12.0 Å². The van der Waals surface area contributed by atoms with Gasteiger partial charge in [0, 0.05) is 25.7 Å². The number of likely N-dealkylation sites (tertiary alicyclic amines) is 1. The Morgan fingerprint density at radius 3 is 3.12 bits per heavy atom. The highest BCUT2D eigenvalue weighted by Crippen LogP contribution is 2.49. The van der Waals surface area contributed by atoms with Crippen molar-refractivity contribution in [2.24, 2.45) is 11.3 Å². The summed E-state index contributed by atoms with van der Waals surface area (Å²) in [7, 11) is 0. The lowest BCUT2D eigenvalue weighted by atomic mass is 9.81. The zero-order valence-corrected chi connectivity index (χ0v) is 14.5. The average molecular weight is 358 g/mol. The number of fused-ring (bicyclic) bond motifs is 1. The number of unbranched alkanes of at least 4 members (excludes halogenated alkanes) is 1. The third-order valence-electron chi connectivity index (χ3n) is 5.27. The summed E-state index contributed by atoms with van der Waals surface area (Å²) in [6.07, 6.45) is 4.89. The predicted molar refractivity (Wildman–Crippen MR) is 92.6 cm³/mol. The van der Waals surface area contributed by atoms with Crippen molar-refractivity contribution in [3.63, 3.8) is 0 Å².